The molecule has 0 bridgehead atoms. The van der Waals surface area contributed by atoms with Crippen molar-refractivity contribution in [1.82, 2.24) is 0 Å². The van der Waals surface area contributed by atoms with Gasteiger partial charge in [-0.2, -0.15) is 0 Å². The maximum absolute atomic E-state index is 5.87. The molecule has 0 saturated heterocycles. The second-order valence-corrected chi connectivity index (χ2v) is 4.54. The Kier molecular flexibility index (Phi) is 2.73. The molecule has 0 saturated carbocycles. The van der Waals surface area contributed by atoms with Gasteiger partial charge in [0.05, 0.1) is 0 Å². The average molecular weight is 214 g/mol. The van der Waals surface area contributed by atoms with Crippen LogP contribution < -0.4 is 11.5 Å². The Morgan fingerprint density at radius 1 is 1.19 bits per heavy atom. The summed E-state index contributed by atoms with van der Waals surface area (Å²) in [6.07, 6.45) is 5.13. The summed E-state index contributed by atoms with van der Waals surface area (Å²) in [7, 11) is 0. The first-order valence-electron chi connectivity index (χ1n) is 5.60. The Balaban J connectivity index is 2.35. The second-order valence-electron chi connectivity index (χ2n) is 4.54. The van der Waals surface area contributed by atoms with E-state index in [4.69, 9.17) is 11.5 Å². The van der Waals surface area contributed by atoms with Crippen molar-refractivity contribution in [2.24, 2.45) is 11.7 Å². The number of anilines is 1. The molecule has 84 valence electrons. The molecule has 0 spiro atoms. The maximum Gasteiger partial charge on any atom is 0.0344 e. The molecule has 0 aliphatic heterocycles. The molecule has 4 N–H and O–H groups in total. The third-order valence-corrected chi connectivity index (χ3v) is 3.21. The van der Waals surface area contributed by atoms with Crippen molar-refractivity contribution in [2.45, 2.75) is 20.3 Å². The molecule has 2 rings (SSSR count). The minimum absolute atomic E-state index is 0.429. The Morgan fingerprint density at radius 2 is 1.94 bits per heavy atom. The zero-order chi connectivity index (χ0) is 11.7. The van der Waals surface area contributed by atoms with Crippen LogP contribution in [0.2, 0.25) is 0 Å². The third kappa shape index (κ3) is 1.96. The van der Waals surface area contributed by atoms with Gasteiger partial charge in [0.2, 0.25) is 0 Å². The second kappa shape index (κ2) is 4.05. The summed E-state index contributed by atoms with van der Waals surface area (Å²) in [5.41, 5.74) is 17.2. The lowest BCUT2D eigenvalue weighted by Crippen LogP contribution is -2.12. The van der Waals surface area contributed by atoms with Crippen LogP contribution in [0.15, 0.2) is 36.0 Å². The zero-order valence-corrected chi connectivity index (χ0v) is 9.83. The first-order valence-corrected chi connectivity index (χ1v) is 5.60. The lowest BCUT2D eigenvalue weighted by Gasteiger charge is -2.19. The van der Waals surface area contributed by atoms with Crippen molar-refractivity contribution in [3.8, 4) is 0 Å². The van der Waals surface area contributed by atoms with Crippen LogP contribution in [0, 0.1) is 12.8 Å². The van der Waals surface area contributed by atoms with Crippen molar-refractivity contribution in [2.75, 3.05) is 5.73 Å². The van der Waals surface area contributed by atoms with E-state index in [-0.39, 0.29) is 0 Å². The SMILES string of the molecule is Cc1cc(C2=CC=C(N)C(C)C2)ccc1N. The fourth-order valence-electron chi connectivity index (χ4n) is 1.97. The average Bonchev–Trinajstić information content (AvgIpc) is 2.26. The van der Waals surface area contributed by atoms with E-state index in [1.54, 1.807) is 0 Å². The Labute approximate surface area is 96.6 Å². The van der Waals surface area contributed by atoms with Crippen LogP contribution >= 0.6 is 0 Å². The van der Waals surface area contributed by atoms with Crippen LogP contribution in [0.4, 0.5) is 5.69 Å². The number of aryl methyl sites for hydroxylation is 1. The molecular formula is C14H18N2. The first kappa shape index (κ1) is 10.8. The molecule has 1 aliphatic carbocycles. The molecule has 0 fully saturated rings. The first-order chi connectivity index (χ1) is 7.58. The van der Waals surface area contributed by atoms with E-state index >= 15 is 0 Å². The molecule has 1 aromatic rings. The minimum atomic E-state index is 0.429. The molecule has 0 amide bonds. The van der Waals surface area contributed by atoms with E-state index in [2.05, 4.69) is 25.1 Å². The Morgan fingerprint density at radius 3 is 2.56 bits per heavy atom. The molecule has 1 aromatic carbocycles. The summed E-state index contributed by atoms with van der Waals surface area (Å²) in [6, 6.07) is 6.19. The highest BCUT2D eigenvalue weighted by atomic mass is 14.6. The van der Waals surface area contributed by atoms with Crippen molar-refractivity contribution in [3.05, 3.63) is 47.2 Å². The number of hydrogen-bond acceptors (Lipinski definition) is 2. The topological polar surface area (TPSA) is 52.0 Å². The number of nitrogen functional groups attached to an aromatic ring is 1. The van der Waals surface area contributed by atoms with Gasteiger partial charge in [-0.15, -0.1) is 0 Å². The van der Waals surface area contributed by atoms with Gasteiger partial charge >= 0.3 is 0 Å². The fourth-order valence-corrected chi connectivity index (χ4v) is 1.97. The van der Waals surface area contributed by atoms with E-state index < -0.39 is 0 Å². The molecule has 0 aromatic heterocycles. The lowest BCUT2D eigenvalue weighted by molar-refractivity contribution is 0.688. The van der Waals surface area contributed by atoms with E-state index in [1.165, 1.54) is 11.1 Å². The Bertz CT molecular complexity index is 470. The van der Waals surface area contributed by atoms with Gasteiger partial charge in [-0.05, 0) is 54.2 Å². The van der Waals surface area contributed by atoms with Gasteiger partial charge in [0, 0.05) is 11.4 Å². The summed E-state index contributed by atoms with van der Waals surface area (Å²) in [5.74, 6) is 0.429. The maximum atomic E-state index is 5.87. The van der Waals surface area contributed by atoms with Crippen LogP contribution in [0.1, 0.15) is 24.5 Å². The smallest absolute Gasteiger partial charge is 0.0344 e. The summed E-state index contributed by atoms with van der Waals surface area (Å²) in [6.45, 7) is 4.19. The lowest BCUT2D eigenvalue weighted by atomic mass is 9.88. The molecule has 1 unspecified atom stereocenters. The fraction of sp³-hybridized carbons (Fsp3) is 0.286. The molecule has 0 radical (unpaired) electrons. The quantitative estimate of drug-likeness (QED) is 0.706. The normalized spacial score (nSPS) is 20.2. The van der Waals surface area contributed by atoms with Crippen LogP contribution in [0.3, 0.4) is 0 Å². The monoisotopic (exact) mass is 214 g/mol. The largest absolute Gasteiger partial charge is 0.402 e. The van der Waals surface area contributed by atoms with Gasteiger partial charge < -0.3 is 11.5 Å². The van der Waals surface area contributed by atoms with Crippen molar-refractivity contribution in [1.29, 1.82) is 0 Å². The predicted molar refractivity (Wildman–Crippen MR) is 69.6 cm³/mol. The van der Waals surface area contributed by atoms with Crippen LogP contribution in [0.5, 0.6) is 0 Å². The van der Waals surface area contributed by atoms with Crippen molar-refractivity contribution < 1.29 is 0 Å². The molecule has 0 heterocycles. The van der Waals surface area contributed by atoms with Gasteiger partial charge in [0.15, 0.2) is 0 Å². The number of nitrogens with two attached hydrogens (primary N) is 2. The summed E-state index contributed by atoms with van der Waals surface area (Å²) in [5, 5.41) is 0. The number of rotatable bonds is 1. The van der Waals surface area contributed by atoms with E-state index in [9.17, 15) is 0 Å². The third-order valence-electron chi connectivity index (χ3n) is 3.21. The van der Waals surface area contributed by atoms with E-state index in [1.807, 2.05) is 19.1 Å². The molecule has 2 nitrogen and oxygen atoms in total. The van der Waals surface area contributed by atoms with Crippen LogP contribution in [-0.4, -0.2) is 0 Å². The molecule has 1 atom stereocenters. The highest BCUT2D eigenvalue weighted by Gasteiger charge is 2.13. The van der Waals surface area contributed by atoms with Crippen molar-refractivity contribution >= 4 is 11.3 Å². The molecule has 2 heteroatoms. The van der Waals surface area contributed by atoms with Gasteiger partial charge in [-0.3, -0.25) is 0 Å². The number of benzene rings is 1. The highest BCUT2D eigenvalue weighted by molar-refractivity contribution is 5.71. The predicted octanol–water partition coefficient (Wildman–Crippen LogP) is 2.84. The zero-order valence-electron chi connectivity index (χ0n) is 9.83. The standard InChI is InChI=1S/C14H18N2/c1-9-7-11(3-5-13(9)15)12-4-6-14(16)10(2)8-12/h3-7,10H,8,15-16H2,1-2H3. The van der Waals surface area contributed by atoms with Gasteiger partial charge in [0.1, 0.15) is 0 Å². The summed E-state index contributed by atoms with van der Waals surface area (Å²) < 4.78 is 0. The van der Waals surface area contributed by atoms with Gasteiger partial charge in [-0.1, -0.05) is 19.1 Å². The molecular weight excluding hydrogens is 196 g/mol. The summed E-state index contributed by atoms with van der Waals surface area (Å²) in [4.78, 5) is 0. The Hall–Kier alpha value is -1.70. The summed E-state index contributed by atoms with van der Waals surface area (Å²) >= 11 is 0. The van der Waals surface area contributed by atoms with Crippen molar-refractivity contribution in [3.63, 3.8) is 0 Å². The number of hydrogen-bond donors (Lipinski definition) is 2. The molecule has 16 heavy (non-hydrogen) atoms. The van der Waals surface area contributed by atoms with E-state index in [0.717, 1.165) is 23.4 Å². The number of allylic oxidation sites excluding steroid dienone is 4. The minimum Gasteiger partial charge on any atom is -0.402 e. The molecule has 1 aliphatic rings. The van der Waals surface area contributed by atoms with Crippen LogP contribution in [0.25, 0.3) is 5.57 Å². The highest BCUT2D eigenvalue weighted by Crippen LogP contribution is 2.30. The van der Waals surface area contributed by atoms with Gasteiger partial charge in [-0.25, -0.2) is 0 Å². The van der Waals surface area contributed by atoms with Crippen LogP contribution in [-0.2, 0) is 0 Å². The van der Waals surface area contributed by atoms with E-state index in [0.29, 0.717) is 5.92 Å². The van der Waals surface area contributed by atoms with Gasteiger partial charge in [0.25, 0.3) is 0 Å².